The van der Waals surface area contributed by atoms with Crippen LogP contribution in [-0.4, -0.2) is 16.2 Å². The molecule has 2 aliphatic rings. The van der Waals surface area contributed by atoms with Gasteiger partial charge in [-0.05, 0) is 49.1 Å². The van der Waals surface area contributed by atoms with Crippen molar-refractivity contribution in [1.82, 2.24) is 4.98 Å². The fraction of sp³-hybridized carbons (Fsp3) is 0.706. The summed E-state index contributed by atoms with van der Waals surface area (Å²) < 4.78 is 0. The van der Waals surface area contributed by atoms with Crippen molar-refractivity contribution in [2.24, 2.45) is 11.8 Å². The zero-order chi connectivity index (χ0) is 13.2. The van der Waals surface area contributed by atoms with Crippen LogP contribution in [0.15, 0.2) is 18.3 Å². The molecule has 0 amide bonds. The van der Waals surface area contributed by atoms with E-state index in [1.54, 1.807) is 0 Å². The molecule has 1 fully saturated rings. The topological polar surface area (TPSA) is 33.1 Å². The lowest BCUT2D eigenvalue weighted by Crippen LogP contribution is -2.31. The number of pyridine rings is 1. The summed E-state index contributed by atoms with van der Waals surface area (Å²) in [5.74, 6) is 1.62. The lowest BCUT2D eigenvalue weighted by Gasteiger charge is -2.34. The molecule has 0 radical (unpaired) electrons. The number of hydrogen-bond donors (Lipinski definition) is 1. The van der Waals surface area contributed by atoms with Crippen molar-refractivity contribution in [2.75, 3.05) is 0 Å². The number of fused-ring (bicyclic) bond motifs is 1. The summed E-state index contributed by atoms with van der Waals surface area (Å²) in [4.78, 5) is 4.54. The fourth-order valence-electron chi connectivity index (χ4n) is 4.12. The van der Waals surface area contributed by atoms with Crippen LogP contribution in [0, 0.1) is 11.8 Å². The molecule has 3 rings (SSSR count). The summed E-state index contributed by atoms with van der Waals surface area (Å²) >= 11 is 0. The van der Waals surface area contributed by atoms with Crippen molar-refractivity contribution in [3.8, 4) is 0 Å². The Labute approximate surface area is 116 Å². The quantitative estimate of drug-likeness (QED) is 0.898. The van der Waals surface area contributed by atoms with Crippen molar-refractivity contribution in [1.29, 1.82) is 0 Å². The number of aliphatic hydroxyl groups is 1. The molecule has 0 aliphatic heterocycles. The first-order valence-corrected chi connectivity index (χ1v) is 7.91. The lowest BCUT2D eigenvalue weighted by atomic mass is 9.74. The van der Waals surface area contributed by atoms with E-state index in [0.717, 1.165) is 18.8 Å². The lowest BCUT2D eigenvalue weighted by molar-refractivity contribution is 0.0456. The number of hydrogen-bond acceptors (Lipinski definition) is 2. The van der Waals surface area contributed by atoms with Crippen LogP contribution in [0.25, 0.3) is 0 Å². The van der Waals surface area contributed by atoms with Crippen LogP contribution in [-0.2, 0) is 6.42 Å². The second-order valence-electron chi connectivity index (χ2n) is 6.38. The predicted molar refractivity (Wildman–Crippen MR) is 77.0 cm³/mol. The fourth-order valence-corrected chi connectivity index (χ4v) is 4.12. The molecule has 4 atom stereocenters. The smallest absolute Gasteiger partial charge is 0.0652 e. The van der Waals surface area contributed by atoms with Crippen molar-refractivity contribution < 1.29 is 5.11 Å². The molecular weight excluding hydrogens is 234 g/mol. The van der Waals surface area contributed by atoms with Crippen molar-refractivity contribution in [2.45, 2.75) is 63.9 Å². The first-order valence-electron chi connectivity index (χ1n) is 7.91. The second kappa shape index (κ2) is 5.62. The van der Waals surface area contributed by atoms with Gasteiger partial charge >= 0.3 is 0 Å². The Morgan fingerprint density at radius 3 is 3.11 bits per heavy atom. The normalized spacial score (nSPS) is 32.0. The summed E-state index contributed by atoms with van der Waals surface area (Å²) in [6, 6.07) is 4.19. The highest BCUT2D eigenvalue weighted by Crippen LogP contribution is 2.41. The minimum Gasteiger partial charge on any atom is -0.392 e. The van der Waals surface area contributed by atoms with Crippen LogP contribution in [0.2, 0.25) is 0 Å². The van der Waals surface area contributed by atoms with Crippen molar-refractivity contribution in [3.63, 3.8) is 0 Å². The molecular formula is C17H25NO. The third-order valence-corrected chi connectivity index (χ3v) is 5.30. The van der Waals surface area contributed by atoms with E-state index < -0.39 is 0 Å². The molecule has 0 spiro atoms. The zero-order valence-corrected chi connectivity index (χ0v) is 11.9. The van der Waals surface area contributed by atoms with Gasteiger partial charge in [-0.15, -0.1) is 0 Å². The molecule has 2 nitrogen and oxygen atoms in total. The number of rotatable bonds is 3. The highest BCUT2D eigenvalue weighted by atomic mass is 16.3. The molecule has 1 aromatic heterocycles. The third kappa shape index (κ3) is 2.55. The zero-order valence-electron chi connectivity index (χ0n) is 11.9. The van der Waals surface area contributed by atoms with Gasteiger partial charge in [0.25, 0.3) is 0 Å². The molecule has 2 aliphatic carbocycles. The molecule has 0 saturated heterocycles. The molecule has 2 heteroatoms. The van der Waals surface area contributed by atoms with E-state index in [0.29, 0.717) is 5.92 Å². The maximum Gasteiger partial charge on any atom is 0.0652 e. The number of nitrogens with zero attached hydrogens (tertiary/aromatic N) is 1. The summed E-state index contributed by atoms with van der Waals surface area (Å²) in [6.45, 7) is 2.28. The highest BCUT2D eigenvalue weighted by Gasteiger charge is 2.36. The Morgan fingerprint density at radius 2 is 2.26 bits per heavy atom. The van der Waals surface area contributed by atoms with E-state index in [1.807, 2.05) is 12.3 Å². The van der Waals surface area contributed by atoms with Gasteiger partial charge in [0.1, 0.15) is 0 Å². The van der Waals surface area contributed by atoms with Crippen LogP contribution in [0.4, 0.5) is 0 Å². The Hall–Kier alpha value is -0.890. The molecule has 4 unspecified atom stereocenters. The van der Waals surface area contributed by atoms with Crippen LogP contribution < -0.4 is 0 Å². The molecule has 104 valence electrons. The van der Waals surface area contributed by atoms with E-state index >= 15 is 0 Å². The van der Waals surface area contributed by atoms with Gasteiger partial charge in [0, 0.05) is 17.8 Å². The van der Waals surface area contributed by atoms with Crippen LogP contribution in [0.1, 0.15) is 62.6 Å². The average Bonchev–Trinajstić information content (AvgIpc) is 2.90. The van der Waals surface area contributed by atoms with Crippen molar-refractivity contribution in [3.05, 3.63) is 29.6 Å². The highest BCUT2D eigenvalue weighted by molar-refractivity contribution is 5.29. The van der Waals surface area contributed by atoms with Crippen LogP contribution in [0.5, 0.6) is 0 Å². The summed E-state index contributed by atoms with van der Waals surface area (Å²) in [6.07, 6.45) is 10.2. The van der Waals surface area contributed by atoms with Gasteiger partial charge in [-0.25, -0.2) is 0 Å². The molecule has 0 bridgehead atoms. The minimum atomic E-state index is -0.175. The monoisotopic (exact) mass is 259 g/mol. The van der Waals surface area contributed by atoms with E-state index in [-0.39, 0.29) is 12.0 Å². The van der Waals surface area contributed by atoms with Gasteiger partial charge in [0.05, 0.1) is 6.10 Å². The first kappa shape index (κ1) is 13.1. The molecule has 0 aromatic carbocycles. The summed E-state index contributed by atoms with van der Waals surface area (Å²) in [5.41, 5.74) is 2.53. The Morgan fingerprint density at radius 1 is 1.37 bits per heavy atom. The number of aromatic nitrogens is 1. The molecule has 1 heterocycles. The molecule has 1 saturated carbocycles. The largest absolute Gasteiger partial charge is 0.392 e. The predicted octanol–water partition coefficient (Wildman–Crippen LogP) is 3.69. The van der Waals surface area contributed by atoms with Gasteiger partial charge in [0.15, 0.2) is 0 Å². The van der Waals surface area contributed by atoms with Gasteiger partial charge in [-0.2, -0.15) is 0 Å². The molecule has 1 aromatic rings. The number of aliphatic hydroxyl groups excluding tert-OH is 1. The third-order valence-electron chi connectivity index (χ3n) is 5.30. The maximum atomic E-state index is 10.8. The second-order valence-corrected chi connectivity index (χ2v) is 6.38. The van der Waals surface area contributed by atoms with E-state index in [2.05, 4.69) is 18.0 Å². The van der Waals surface area contributed by atoms with Gasteiger partial charge in [-0.3, -0.25) is 4.98 Å². The Bertz CT molecular complexity index is 431. The standard InChI is InChI=1S/C17H25NO/c1-2-12-5-3-6-14(11-12)17(19)15-9-8-13-7-4-10-18-16(13)15/h4,7,10,12,14-15,17,19H,2-3,5-6,8-9,11H2,1H3. The van der Waals surface area contributed by atoms with Gasteiger partial charge in [0.2, 0.25) is 0 Å². The first-order chi connectivity index (χ1) is 9.29. The van der Waals surface area contributed by atoms with Crippen molar-refractivity contribution >= 4 is 0 Å². The molecule has 1 N–H and O–H groups in total. The number of aryl methyl sites for hydroxylation is 1. The van der Waals surface area contributed by atoms with Gasteiger partial charge in [-0.1, -0.05) is 32.3 Å². The SMILES string of the molecule is CCC1CCCC(C(O)C2CCc3cccnc32)C1. The summed E-state index contributed by atoms with van der Waals surface area (Å²) in [5, 5.41) is 10.8. The van der Waals surface area contributed by atoms with E-state index in [9.17, 15) is 5.11 Å². The van der Waals surface area contributed by atoms with E-state index in [1.165, 1.54) is 43.4 Å². The van der Waals surface area contributed by atoms with Crippen LogP contribution in [0.3, 0.4) is 0 Å². The molecule has 19 heavy (non-hydrogen) atoms. The maximum absolute atomic E-state index is 10.8. The average molecular weight is 259 g/mol. The van der Waals surface area contributed by atoms with E-state index in [4.69, 9.17) is 0 Å². The Balaban J connectivity index is 1.72. The minimum absolute atomic E-state index is 0.175. The van der Waals surface area contributed by atoms with Gasteiger partial charge < -0.3 is 5.11 Å². The van der Waals surface area contributed by atoms with Crippen LogP contribution >= 0.6 is 0 Å². The summed E-state index contributed by atoms with van der Waals surface area (Å²) in [7, 11) is 0. The Kier molecular flexibility index (Phi) is 3.88.